The first-order chi connectivity index (χ1) is 14.0. The van der Waals surface area contributed by atoms with Gasteiger partial charge in [-0.1, -0.05) is 32.8 Å². The van der Waals surface area contributed by atoms with Crippen molar-refractivity contribution < 1.29 is 9.50 Å². The highest BCUT2D eigenvalue weighted by Gasteiger charge is 2.28. The number of aryl methyl sites for hydroxylation is 1. The van der Waals surface area contributed by atoms with E-state index in [1.165, 1.54) is 6.07 Å². The smallest absolute Gasteiger partial charge is 0.254 e. The number of aromatic nitrogens is 2. The van der Waals surface area contributed by atoms with E-state index in [0.29, 0.717) is 35.0 Å². The summed E-state index contributed by atoms with van der Waals surface area (Å²) in [5.41, 5.74) is 5.12. The number of aliphatic hydroxyl groups is 1. The largest absolute Gasteiger partial charge is 0.388 e. The van der Waals surface area contributed by atoms with E-state index in [4.69, 9.17) is 4.98 Å². The van der Waals surface area contributed by atoms with Crippen LogP contribution in [0.15, 0.2) is 29.1 Å². The minimum Gasteiger partial charge on any atom is -0.388 e. The molecule has 0 bridgehead atoms. The summed E-state index contributed by atoms with van der Waals surface area (Å²) in [5.74, 6) is -0.258. The maximum Gasteiger partial charge on any atom is 0.254 e. The molecule has 3 aromatic rings. The van der Waals surface area contributed by atoms with E-state index in [2.05, 4.69) is 6.92 Å². The molecule has 4 nitrogen and oxygen atoms in total. The summed E-state index contributed by atoms with van der Waals surface area (Å²) >= 11 is 0. The van der Waals surface area contributed by atoms with Crippen LogP contribution in [0, 0.1) is 12.7 Å². The van der Waals surface area contributed by atoms with Crippen molar-refractivity contribution in [3.8, 4) is 11.4 Å². The van der Waals surface area contributed by atoms with Crippen molar-refractivity contribution in [2.24, 2.45) is 0 Å². The molecule has 0 aliphatic carbocycles. The van der Waals surface area contributed by atoms with Crippen molar-refractivity contribution >= 4 is 10.9 Å². The molecule has 0 saturated carbocycles. The summed E-state index contributed by atoms with van der Waals surface area (Å²) in [7, 11) is 0. The number of pyridine rings is 2. The zero-order chi connectivity index (χ0) is 20.7. The molecule has 1 aliphatic rings. The third-order valence-corrected chi connectivity index (χ3v) is 6.09. The predicted octanol–water partition coefficient (Wildman–Crippen LogP) is 5.05. The van der Waals surface area contributed by atoms with Crippen LogP contribution in [0.1, 0.15) is 67.9 Å². The van der Waals surface area contributed by atoms with Crippen LogP contribution in [-0.2, 0) is 13.0 Å². The molecule has 0 fully saturated rings. The summed E-state index contributed by atoms with van der Waals surface area (Å²) in [6, 6.07) is 6.88. The molecule has 1 unspecified atom stereocenters. The van der Waals surface area contributed by atoms with Crippen LogP contribution in [0.2, 0.25) is 0 Å². The molecule has 1 atom stereocenters. The first kappa shape index (κ1) is 19.8. The summed E-state index contributed by atoms with van der Waals surface area (Å²) in [6.45, 7) is 6.21. The fraction of sp³-hybridized carbons (Fsp3) is 0.417. The van der Waals surface area contributed by atoms with E-state index in [-0.39, 0.29) is 11.4 Å². The van der Waals surface area contributed by atoms with Gasteiger partial charge in [0.05, 0.1) is 29.6 Å². The highest BCUT2D eigenvalue weighted by atomic mass is 19.1. The van der Waals surface area contributed by atoms with Gasteiger partial charge in [-0.2, -0.15) is 0 Å². The van der Waals surface area contributed by atoms with Crippen molar-refractivity contribution in [3.05, 3.63) is 62.7 Å². The minimum absolute atomic E-state index is 0.105. The summed E-state index contributed by atoms with van der Waals surface area (Å²) in [4.78, 5) is 17.8. The van der Waals surface area contributed by atoms with Gasteiger partial charge in [0.2, 0.25) is 0 Å². The van der Waals surface area contributed by atoms with E-state index in [9.17, 15) is 14.3 Å². The Morgan fingerprint density at radius 2 is 2.07 bits per heavy atom. The number of hydrogen-bond donors (Lipinski definition) is 1. The highest BCUT2D eigenvalue weighted by Crippen LogP contribution is 2.38. The lowest BCUT2D eigenvalue weighted by Crippen LogP contribution is -2.23. The lowest BCUT2D eigenvalue weighted by Gasteiger charge is -2.14. The molecule has 5 heteroatoms. The van der Waals surface area contributed by atoms with Crippen LogP contribution in [0.5, 0.6) is 0 Å². The molecule has 0 radical (unpaired) electrons. The maximum atomic E-state index is 14.8. The van der Waals surface area contributed by atoms with Gasteiger partial charge in [-0.15, -0.1) is 0 Å². The van der Waals surface area contributed by atoms with Gasteiger partial charge in [-0.25, -0.2) is 9.37 Å². The second-order valence-corrected chi connectivity index (χ2v) is 7.93. The second kappa shape index (κ2) is 7.71. The molecule has 0 amide bonds. The number of fused-ring (bicyclic) bond motifs is 4. The molecule has 3 heterocycles. The molecule has 29 heavy (non-hydrogen) atoms. The number of hydrogen-bond acceptors (Lipinski definition) is 3. The van der Waals surface area contributed by atoms with Crippen molar-refractivity contribution in [1.82, 2.24) is 9.55 Å². The van der Waals surface area contributed by atoms with E-state index in [1.807, 2.05) is 19.1 Å². The average Bonchev–Trinajstić information content (AvgIpc) is 3.08. The Morgan fingerprint density at radius 3 is 2.79 bits per heavy atom. The number of unbranched alkanes of at least 4 members (excludes halogenated alkanes) is 2. The molecule has 1 N–H and O–H groups in total. The number of rotatable bonds is 6. The number of nitrogens with zero attached hydrogens (tertiary/aromatic N) is 2. The van der Waals surface area contributed by atoms with Gasteiger partial charge < -0.3 is 9.67 Å². The SMILES string of the molecule is CCCCCc1c2c(nc3cccc(F)c13)-c1cc(C(O)CC)c(C)c(=O)n1C2. The van der Waals surface area contributed by atoms with E-state index in [1.54, 1.807) is 17.6 Å². The molecule has 0 spiro atoms. The van der Waals surface area contributed by atoms with Gasteiger partial charge in [0.25, 0.3) is 5.56 Å². The zero-order valence-corrected chi connectivity index (χ0v) is 17.3. The molecular weight excluding hydrogens is 367 g/mol. The minimum atomic E-state index is -0.681. The van der Waals surface area contributed by atoms with Crippen LogP contribution >= 0.6 is 0 Å². The quantitative estimate of drug-likeness (QED) is 0.466. The highest BCUT2D eigenvalue weighted by molar-refractivity contribution is 5.88. The van der Waals surface area contributed by atoms with Gasteiger partial charge in [-0.05, 0) is 55.5 Å². The Morgan fingerprint density at radius 1 is 1.28 bits per heavy atom. The van der Waals surface area contributed by atoms with Gasteiger partial charge in [0.1, 0.15) is 5.82 Å². The topological polar surface area (TPSA) is 55.1 Å². The predicted molar refractivity (Wildman–Crippen MR) is 114 cm³/mol. The molecule has 2 aromatic heterocycles. The second-order valence-electron chi connectivity index (χ2n) is 7.93. The number of aliphatic hydroxyl groups excluding tert-OH is 1. The first-order valence-electron chi connectivity index (χ1n) is 10.5. The first-order valence-corrected chi connectivity index (χ1v) is 10.5. The monoisotopic (exact) mass is 394 g/mol. The van der Waals surface area contributed by atoms with Gasteiger partial charge in [0, 0.05) is 16.5 Å². The van der Waals surface area contributed by atoms with Gasteiger partial charge >= 0.3 is 0 Å². The molecular formula is C24H27FN2O2. The summed E-state index contributed by atoms with van der Waals surface area (Å²) in [5, 5.41) is 11.0. The Kier molecular flexibility index (Phi) is 5.26. The van der Waals surface area contributed by atoms with E-state index >= 15 is 0 Å². The molecule has 152 valence electrons. The third-order valence-electron chi connectivity index (χ3n) is 6.09. The third kappa shape index (κ3) is 3.18. The van der Waals surface area contributed by atoms with Crippen LogP contribution in [-0.4, -0.2) is 14.7 Å². The summed E-state index contributed by atoms with van der Waals surface area (Å²) < 4.78 is 16.5. The van der Waals surface area contributed by atoms with Crippen LogP contribution < -0.4 is 5.56 Å². The molecule has 0 saturated heterocycles. The van der Waals surface area contributed by atoms with Crippen molar-refractivity contribution in [3.63, 3.8) is 0 Å². The molecule has 1 aromatic carbocycles. The van der Waals surface area contributed by atoms with Crippen LogP contribution in [0.4, 0.5) is 4.39 Å². The maximum absolute atomic E-state index is 14.8. The lowest BCUT2D eigenvalue weighted by molar-refractivity contribution is 0.172. The Labute approximate surface area is 170 Å². The zero-order valence-electron chi connectivity index (χ0n) is 17.3. The normalized spacial score (nSPS) is 13.6. The Balaban J connectivity index is 1.98. The lowest BCUT2D eigenvalue weighted by atomic mass is 9.95. The fourth-order valence-electron chi connectivity index (χ4n) is 4.44. The van der Waals surface area contributed by atoms with Crippen LogP contribution in [0.3, 0.4) is 0 Å². The van der Waals surface area contributed by atoms with Crippen molar-refractivity contribution in [2.45, 2.75) is 65.5 Å². The van der Waals surface area contributed by atoms with E-state index < -0.39 is 6.10 Å². The standard InChI is InChI=1S/C24H27FN2O2/c1-4-6-7-9-15-17-13-27-20(12-16(21(28)5-2)14(3)24(27)29)23(17)26-19-11-8-10-18(25)22(15)19/h8,10-12,21,28H,4-7,9,13H2,1-3H3. The molecule has 1 aliphatic heterocycles. The number of halogens is 1. The van der Waals surface area contributed by atoms with Gasteiger partial charge in [-0.3, -0.25) is 4.79 Å². The number of benzene rings is 1. The fourth-order valence-corrected chi connectivity index (χ4v) is 4.44. The van der Waals surface area contributed by atoms with Crippen molar-refractivity contribution in [2.75, 3.05) is 0 Å². The van der Waals surface area contributed by atoms with Crippen molar-refractivity contribution in [1.29, 1.82) is 0 Å². The average molecular weight is 394 g/mol. The van der Waals surface area contributed by atoms with E-state index in [0.717, 1.165) is 48.2 Å². The van der Waals surface area contributed by atoms with Gasteiger partial charge in [0.15, 0.2) is 0 Å². The Bertz CT molecular complexity index is 1150. The summed E-state index contributed by atoms with van der Waals surface area (Å²) in [6.07, 6.45) is 3.76. The van der Waals surface area contributed by atoms with Crippen LogP contribution in [0.25, 0.3) is 22.3 Å². The molecule has 4 rings (SSSR count). The Hall–Kier alpha value is -2.53.